The Balaban J connectivity index is 2.70. The van der Waals surface area contributed by atoms with E-state index in [4.69, 9.17) is 16.7 Å². The monoisotopic (exact) mass is 283 g/mol. The Morgan fingerprint density at radius 3 is 2.32 bits per heavy atom. The van der Waals surface area contributed by atoms with E-state index in [9.17, 15) is 9.59 Å². The molecule has 0 aliphatic rings. The second kappa shape index (κ2) is 7.14. The maximum absolute atomic E-state index is 12.1. The molecule has 0 heterocycles. The van der Waals surface area contributed by atoms with Crippen LogP contribution < -0.4 is 0 Å². The van der Waals surface area contributed by atoms with Crippen LogP contribution in [0.5, 0.6) is 0 Å². The normalized spacial score (nSPS) is 10.5. The zero-order chi connectivity index (χ0) is 14.4. The zero-order valence-electron chi connectivity index (χ0n) is 11.1. The standard InChI is InChI=1S/C14H18ClNO3/c1-10(2)8-16(9-14(18)19)13(17)7-11-3-5-12(15)6-4-11/h3-6,10H,7-9H2,1-2H3,(H,18,19). The number of aliphatic carboxylic acids is 1. The van der Waals surface area contributed by atoms with Gasteiger partial charge in [0, 0.05) is 11.6 Å². The van der Waals surface area contributed by atoms with Crippen molar-refractivity contribution in [2.24, 2.45) is 5.92 Å². The van der Waals surface area contributed by atoms with Crippen molar-refractivity contribution in [3.8, 4) is 0 Å². The number of carboxylic acid groups (broad SMARTS) is 1. The third kappa shape index (κ3) is 5.75. The van der Waals surface area contributed by atoms with Gasteiger partial charge in [0.2, 0.25) is 5.91 Å². The average molecular weight is 284 g/mol. The summed E-state index contributed by atoms with van der Waals surface area (Å²) in [7, 11) is 0. The summed E-state index contributed by atoms with van der Waals surface area (Å²) in [4.78, 5) is 24.3. The van der Waals surface area contributed by atoms with Crippen molar-refractivity contribution in [2.45, 2.75) is 20.3 Å². The Labute approximate surface area is 118 Å². The molecule has 1 rings (SSSR count). The average Bonchev–Trinajstić information content (AvgIpc) is 2.30. The molecule has 0 bridgehead atoms. The lowest BCUT2D eigenvalue weighted by atomic mass is 10.1. The molecule has 0 fully saturated rings. The quantitative estimate of drug-likeness (QED) is 0.872. The Morgan fingerprint density at radius 1 is 1.26 bits per heavy atom. The first-order valence-electron chi connectivity index (χ1n) is 6.12. The molecule has 0 unspecified atom stereocenters. The van der Waals surface area contributed by atoms with Gasteiger partial charge in [-0.2, -0.15) is 0 Å². The molecular formula is C14H18ClNO3. The van der Waals surface area contributed by atoms with Crippen LogP contribution in [-0.4, -0.2) is 35.0 Å². The fraction of sp³-hybridized carbons (Fsp3) is 0.429. The number of benzene rings is 1. The topological polar surface area (TPSA) is 57.6 Å². The second-order valence-corrected chi connectivity index (χ2v) is 5.30. The Kier molecular flexibility index (Phi) is 5.83. The van der Waals surface area contributed by atoms with Crippen molar-refractivity contribution in [3.63, 3.8) is 0 Å². The number of rotatable bonds is 6. The van der Waals surface area contributed by atoms with Gasteiger partial charge >= 0.3 is 5.97 Å². The molecule has 0 atom stereocenters. The van der Waals surface area contributed by atoms with E-state index in [1.165, 1.54) is 4.90 Å². The summed E-state index contributed by atoms with van der Waals surface area (Å²) in [6.07, 6.45) is 0.192. The highest BCUT2D eigenvalue weighted by Gasteiger charge is 2.18. The number of carbonyl (C=O) groups excluding carboxylic acids is 1. The number of nitrogens with zero attached hydrogens (tertiary/aromatic N) is 1. The van der Waals surface area contributed by atoms with Crippen LogP contribution >= 0.6 is 11.6 Å². The fourth-order valence-corrected chi connectivity index (χ4v) is 1.87. The van der Waals surface area contributed by atoms with Crippen LogP contribution in [0, 0.1) is 5.92 Å². The summed E-state index contributed by atoms with van der Waals surface area (Å²) < 4.78 is 0. The van der Waals surface area contributed by atoms with E-state index in [1.807, 2.05) is 13.8 Å². The maximum Gasteiger partial charge on any atom is 0.323 e. The van der Waals surface area contributed by atoms with Crippen molar-refractivity contribution in [2.75, 3.05) is 13.1 Å². The van der Waals surface area contributed by atoms with Crippen molar-refractivity contribution in [1.29, 1.82) is 0 Å². The maximum atomic E-state index is 12.1. The minimum Gasteiger partial charge on any atom is -0.480 e. The van der Waals surface area contributed by atoms with Crippen LogP contribution in [0.3, 0.4) is 0 Å². The Morgan fingerprint density at radius 2 is 1.84 bits per heavy atom. The molecule has 1 N–H and O–H groups in total. The Hall–Kier alpha value is -1.55. The van der Waals surface area contributed by atoms with Gasteiger partial charge in [-0.3, -0.25) is 9.59 Å². The molecule has 1 amide bonds. The number of carbonyl (C=O) groups is 2. The van der Waals surface area contributed by atoms with Gasteiger partial charge in [0.15, 0.2) is 0 Å². The molecule has 1 aromatic rings. The minimum atomic E-state index is -0.995. The molecule has 0 spiro atoms. The molecule has 0 aliphatic heterocycles. The number of halogens is 1. The summed E-state index contributed by atoms with van der Waals surface area (Å²) in [5.41, 5.74) is 0.827. The van der Waals surface area contributed by atoms with E-state index in [1.54, 1.807) is 24.3 Å². The van der Waals surface area contributed by atoms with Gasteiger partial charge in [-0.1, -0.05) is 37.6 Å². The van der Waals surface area contributed by atoms with Gasteiger partial charge in [0.25, 0.3) is 0 Å². The molecule has 0 aromatic heterocycles. The van der Waals surface area contributed by atoms with Gasteiger partial charge < -0.3 is 10.0 Å². The first-order chi connectivity index (χ1) is 8.88. The molecule has 4 nitrogen and oxygen atoms in total. The molecule has 0 saturated heterocycles. The van der Waals surface area contributed by atoms with Gasteiger partial charge in [-0.25, -0.2) is 0 Å². The van der Waals surface area contributed by atoms with Crippen molar-refractivity contribution in [3.05, 3.63) is 34.9 Å². The molecule has 0 saturated carbocycles. The molecule has 1 aromatic carbocycles. The minimum absolute atomic E-state index is 0.182. The lowest BCUT2D eigenvalue weighted by molar-refractivity contribution is -0.144. The molecule has 19 heavy (non-hydrogen) atoms. The van der Waals surface area contributed by atoms with Crippen LogP contribution in [0.2, 0.25) is 5.02 Å². The lowest BCUT2D eigenvalue weighted by Gasteiger charge is -2.22. The van der Waals surface area contributed by atoms with Crippen molar-refractivity contribution in [1.82, 2.24) is 4.90 Å². The van der Waals surface area contributed by atoms with E-state index in [-0.39, 0.29) is 24.8 Å². The molecule has 104 valence electrons. The Bertz CT molecular complexity index is 443. The third-order valence-corrected chi connectivity index (χ3v) is 2.78. The van der Waals surface area contributed by atoms with Crippen LogP contribution in [0.25, 0.3) is 0 Å². The zero-order valence-corrected chi connectivity index (χ0v) is 11.9. The number of hydrogen-bond donors (Lipinski definition) is 1. The second-order valence-electron chi connectivity index (χ2n) is 4.87. The van der Waals surface area contributed by atoms with Gasteiger partial charge in [0.05, 0.1) is 6.42 Å². The third-order valence-electron chi connectivity index (χ3n) is 2.53. The molecular weight excluding hydrogens is 266 g/mol. The predicted octanol–water partition coefficient (Wildman–Crippen LogP) is 2.45. The van der Waals surface area contributed by atoms with Crippen LogP contribution in [-0.2, 0) is 16.0 Å². The highest BCUT2D eigenvalue weighted by molar-refractivity contribution is 6.30. The predicted molar refractivity (Wildman–Crippen MR) is 74.2 cm³/mol. The van der Waals surface area contributed by atoms with Crippen molar-refractivity contribution < 1.29 is 14.7 Å². The summed E-state index contributed by atoms with van der Waals surface area (Å²) in [6, 6.07) is 6.98. The van der Waals surface area contributed by atoms with Gasteiger partial charge in [-0.05, 0) is 23.6 Å². The summed E-state index contributed by atoms with van der Waals surface area (Å²) >= 11 is 5.78. The van der Waals surface area contributed by atoms with E-state index >= 15 is 0 Å². The van der Waals surface area contributed by atoms with Crippen LogP contribution in [0.1, 0.15) is 19.4 Å². The highest BCUT2D eigenvalue weighted by atomic mass is 35.5. The lowest BCUT2D eigenvalue weighted by Crippen LogP contribution is -2.39. The van der Waals surface area contributed by atoms with Gasteiger partial charge in [0.1, 0.15) is 6.54 Å². The van der Waals surface area contributed by atoms with Crippen molar-refractivity contribution >= 4 is 23.5 Å². The van der Waals surface area contributed by atoms with Crippen LogP contribution in [0.15, 0.2) is 24.3 Å². The highest BCUT2D eigenvalue weighted by Crippen LogP contribution is 2.11. The number of hydrogen-bond acceptors (Lipinski definition) is 2. The molecule has 0 aliphatic carbocycles. The van der Waals surface area contributed by atoms with Gasteiger partial charge in [-0.15, -0.1) is 0 Å². The van der Waals surface area contributed by atoms with E-state index < -0.39 is 5.97 Å². The van der Waals surface area contributed by atoms with Crippen LogP contribution in [0.4, 0.5) is 0 Å². The summed E-state index contributed by atoms with van der Waals surface area (Å²) in [5, 5.41) is 9.45. The SMILES string of the molecule is CC(C)CN(CC(=O)O)C(=O)Cc1ccc(Cl)cc1. The number of carboxylic acids is 1. The van der Waals surface area contributed by atoms with E-state index in [0.29, 0.717) is 11.6 Å². The summed E-state index contributed by atoms with van der Waals surface area (Å²) in [6.45, 7) is 4.08. The fourth-order valence-electron chi connectivity index (χ4n) is 1.75. The van der Waals surface area contributed by atoms with E-state index in [2.05, 4.69) is 0 Å². The first-order valence-corrected chi connectivity index (χ1v) is 6.50. The summed E-state index contributed by atoms with van der Waals surface area (Å²) in [5.74, 6) is -0.947. The number of amides is 1. The molecule has 5 heteroatoms. The largest absolute Gasteiger partial charge is 0.480 e. The smallest absolute Gasteiger partial charge is 0.323 e. The molecule has 0 radical (unpaired) electrons. The van der Waals surface area contributed by atoms with E-state index in [0.717, 1.165) is 5.56 Å². The first kappa shape index (κ1) is 15.5.